The highest BCUT2D eigenvalue weighted by molar-refractivity contribution is 5.89. The number of hydrogen-bond acceptors (Lipinski definition) is 10. The van der Waals surface area contributed by atoms with Crippen LogP contribution in [0.5, 0.6) is 23.0 Å². The lowest BCUT2D eigenvalue weighted by molar-refractivity contribution is -0.122. The minimum Gasteiger partial charge on any atom is -0.491 e. The van der Waals surface area contributed by atoms with Gasteiger partial charge in [-0.3, -0.25) is 23.5 Å². The van der Waals surface area contributed by atoms with Crippen LogP contribution in [0.1, 0.15) is 0 Å². The summed E-state index contributed by atoms with van der Waals surface area (Å²) in [5.74, 6) is 2.48. The maximum Gasteiger partial charge on any atom is 0.261 e. The van der Waals surface area contributed by atoms with E-state index < -0.39 is 0 Å². The van der Waals surface area contributed by atoms with Crippen molar-refractivity contribution < 1.29 is 28.5 Å². The molecule has 0 spiro atoms. The van der Waals surface area contributed by atoms with Crippen molar-refractivity contribution in [2.45, 2.75) is 0 Å². The summed E-state index contributed by atoms with van der Waals surface area (Å²) in [7, 11) is 9.55. The number of hydrogen-bond donors (Lipinski definition) is 1. The summed E-state index contributed by atoms with van der Waals surface area (Å²) in [5, 5.41) is 3.38. The summed E-state index contributed by atoms with van der Waals surface area (Å²) in [6, 6.07) is 25.7. The molecule has 4 aromatic carbocycles. The molecule has 0 bridgehead atoms. The van der Waals surface area contributed by atoms with Gasteiger partial charge in [0.15, 0.2) is 29.6 Å². The van der Waals surface area contributed by atoms with Crippen molar-refractivity contribution in [2.24, 2.45) is 14.1 Å². The van der Waals surface area contributed by atoms with Gasteiger partial charge in [-0.25, -0.2) is 9.97 Å². The molecular formula is C38H39N5O8. The Balaban J connectivity index is 0.000000198. The fraction of sp³-hybridized carbons (Fsp3) is 0.237. The van der Waals surface area contributed by atoms with E-state index >= 15 is 0 Å². The van der Waals surface area contributed by atoms with Crippen molar-refractivity contribution >= 4 is 27.7 Å². The fourth-order valence-corrected chi connectivity index (χ4v) is 5.35. The SMILES string of the molecule is CNC(=O)COc1ccc2c(=O)n(C)c(-c3ccccc3)nc2c1OC.COCCOc1ccc2c(=O)n(C)c(-c3ccccc3)nc2c1OC. The van der Waals surface area contributed by atoms with Gasteiger partial charge >= 0.3 is 0 Å². The van der Waals surface area contributed by atoms with Crippen LogP contribution in [0, 0.1) is 0 Å². The van der Waals surface area contributed by atoms with Gasteiger partial charge in [0.1, 0.15) is 29.3 Å². The lowest BCUT2D eigenvalue weighted by Gasteiger charge is -2.14. The summed E-state index contributed by atoms with van der Waals surface area (Å²) in [5.41, 5.74) is 2.23. The Morgan fingerprint density at radius 3 is 1.51 bits per heavy atom. The fourth-order valence-electron chi connectivity index (χ4n) is 5.35. The van der Waals surface area contributed by atoms with Crippen molar-refractivity contribution in [2.75, 3.05) is 48.2 Å². The number of nitrogens with one attached hydrogen (secondary N) is 1. The average molecular weight is 694 g/mol. The molecular weight excluding hydrogens is 654 g/mol. The molecule has 0 atom stereocenters. The first-order valence-corrected chi connectivity index (χ1v) is 15.9. The van der Waals surface area contributed by atoms with E-state index in [0.29, 0.717) is 69.7 Å². The molecule has 13 heteroatoms. The number of carbonyl (C=O) groups excluding carboxylic acids is 1. The number of rotatable bonds is 11. The Bertz CT molecular complexity index is 2270. The van der Waals surface area contributed by atoms with E-state index in [0.717, 1.165) is 11.1 Å². The van der Waals surface area contributed by atoms with Gasteiger partial charge in [-0.15, -0.1) is 0 Å². The largest absolute Gasteiger partial charge is 0.491 e. The molecule has 6 aromatic rings. The zero-order valence-electron chi connectivity index (χ0n) is 29.3. The minimum absolute atomic E-state index is 0.134. The van der Waals surface area contributed by atoms with Crippen LogP contribution >= 0.6 is 0 Å². The predicted octanol–water partition coefficient (Wildman–Crippen LogP) is 4.37. The monoisotopic (exact) mass is 693 g/mol. The molecule has 0 aliphatic rings. The standard InChI is InChI=1S/C19H19N3O4.C19H20N2O4/c1-20-15(23)11-26-14-10-9-13-16(17(14)25-3)21-18(22(2)19(13)24)12-7-5-4-6-8-12;1-21-18(13-7-5-4-6-8-13)20-16-14(19(21)22)9-10-15(17(16)24-3)25-12-11-23-2/h4-10H,11H2,1-3H3,(H,20,23);4-10H,11-12H2,1-3H3. The third-order valence-corrected chi connectivity index (χ3v) is 7.99. The second-order valence-electron chi connectivity index (χ2n) is 11.1. The minimum atomic E-state index is -0.269. The van der Waals surface area contributed by atoms with Crippen molar-refractivity contribution in [3.63, 3.8) is 0 Å². The van der Waals surface area contributed by atoms with E-state index in [4.69, 9.17) is 28.7 Å². The molecule has 13 nitrogen and oxygen atoms in total. The van der Waals surface area contributed by atoms with Crippen LogP contribution < -0.4 is 35.4 Å². The second-order valence-corrected chi connectivity index (χ2v) is 11.1. The summed E-state index contributed by atoms with van der Waals surface area (Å²) >= 11 is 0. The van der Waals surface area contributed by atoms with E-state index in [-0.39, 0.29) is 23.6 Å². The van der Waals surface area contributed by atoms with Gasteiger partial charge in [0, 0.05) is 39.4 Å². The van der Waals surface area contributed by atoms with Gasteiger partial charge < -0.3 is 29.0 Å². The van der Waals surface area contributed by atoms with Crippen molar-refractivity contribution in [1.29, 1.82) is 0 Å². The first-order valence-electron chi connectivity index (χ1n) is 15.9. The topological polar surface area (TPSA) is 145 Å². The first-order chi connectivity index (χ1) is 24.7. The highest BCUT2D eigenvalue weighted by atomic mass is 16.5. The Morgan fingerprint density at radius 1 is 0.647 bits per heavy atom. The Labute approximate surface area is 294 Å². The smallest absolute Gasteiger partial charge is 0.261 e. The Kier molecular flexibility index (Phi) is 11.6. The highest BCUT2D eigenvalue weighted by Gasteiger charge is 2.19. The normalized spacial score (nSPS) is 10.7. The number of aromatic nitrogens is 4. The first kappa shape index (κ1) is 36.1. The number of fused-ring (bicyclic) bond motifs is 2. The zero-order valence-corrected chi connectivity index (χ0v) is 29.3. The number of amides is 1. The molecule has 51 heavy (non-hydrogen) atoms. The van der Waals surface area contributed by atoms with Gasteiger partial charge in [-0.1, -0.05) is 60.7 Å². The van der Waals surface area contributed by atoms with Crippen molar-refractivity contribution in [3.05, 3.63) is 106 Å². The molecule has 2 aromatic heterocycles. The van der Waals surface area contributed by atoms with Crippen LogP contribution in [0.2, 0.25) is 0 Å². The van der Waals surface area contributed by atoms with E-state index in [1.165, 1.54) is 18.7 Å². The molecule has 0 saturated heterocycles. The lowest BCUT2D eigenvalue weighted by Crippen LogP contribution is -2.25. The van der Waals surface area contributed by atoms with Crippen molar-refractivity contribution in [3.8, 4) is 45.8 Å². The highest BCUT2D eigenvalue weighted by Crippen LogP contribution is 2.35. The van der Waals surface area contributed by atoms with E-state index in [1.54, 1.807) is 57.1 Å². The van der Waals surface area contributed by atoms with Crippen LogP contribution in [0.25, 0.3) is 44.6 Å². The van der Waals surface area contributed by atoms with E-state index in [2.05, 4.69) is 10.3 Å². The Morgan fingerprint density at radius 2 is 1.10 bits per heavy atom. The molecule has 0 fully saturated rings. The quantitative estimate of drug-likeness (QED) is 0.194. The second kappa shape index (κ2) is 16.5. The van der Waals surface area contributed by atoms with Crippen LogP contribution in [0.15, 0.2) is 94.5 Å². The molecule has 0 saturated carbocycles. The number of carbonyl (C=O) groups is 1. The lowest BCUT2D eigenvalue weighted by atomic mass is 10.1. The summed E-state index contributed by atoms with van der Waals surface area (Å²) < 4.78 is 30.2. The molecule has 1 N–H and O–H groups in total. The molecule has 264 valence electrons. The number of methoxy groups -OCH3 is 3. The van der Waals surface area contributed by atoms with Gasteiger partial charge in [0.05, 0.1) is 31.6 Å². The van der Waals surface area contributed by atoms with E-state index in [9.17, 15) is 14.4 Å². The van der Waals surface area contributed by atoms with Crippen molar-refractivity contribution in [1.82, 2.24) is 24.4 Å². The number of likely N-dealkylation sites (N-methyl/N-ethyl adjacent to an activating group) is 1. The molecule has 0 radical (unpaired) electrons. The molecule has 0 aliphatic heterocycles. The average Bonchev–Trinajstić information content (AvgIpc) is 3.17. The predicted molar refractivity (Wildman–Crippen MR) is 195 cm³/mol. The molecule has 6 rings (SSSR count). The van der Waals surface area contributed by atoms with Gasteiger partial charge in [-0.05, 0) is 24.3 Å². The third-order valence-electron chi connectivity index (χ3n) is 7.99. The zero-order chi connectivity index (χ0) is 36.5. The number of nitrogens with zero attached hydrogens (tertiary/aromatic N) is 4. The molecule has 0 aliphatic carbocycles. The van der Waals surface area contributed by atoms with Gasteiger partial charge in [0.25, 0.3) is 17.0 Å². The van der Waals surface area contributed by atoms with E-state index in [1.807, 2.05) is 60.7 Å². The third kappa shape index (κ3) is 7.68. The van der Waals surface area contributed by atoms with Gasteiger partial charge in [-0.2, -0.15) is 0 Å². The van der Waals surface area contributed by atoms with Gasteiger partial charge in [0.2, 0.25) is 0 Å². The molecule has 1 amide bonds. The Hall–Kier alpha value is -6.21. The molecule has 2 heterocycles. The number of ether oxygens (including phenoxy) is 5. The summed E-state index contributed by atoms with van der Waals surface area (Å²) in [6.07, 6.45) is 0. The van der Waals surface area contributed by atoms with Crippen LogP contribution in [-0.2, 0) is 23.6 Å². The number of benzene rings is 4. The maximum absolute atomic E-state index is 12.8. The maximum atomic E-state index is 12.8. The van der Waals surface area contributed by atoms with Crippen LogP contribution in [-0.4, -0.2) is 73.2 Å². The van der Waals surface area contributed by atoms with Crippen LogP contribution in [0.4, 0.5) is 0 Å². The summed E-state index contributed by atoms with van der Waals surface area (Å²) in [4.78, 5) is 46.3. The summed E-state index contributed by atoms with van der Waals surface area (Å²) in [6.45, 7) is 0.684. The molecule has 0 unspecified atom stereocenters. The van der Waals surface area contributed by atoms with Crippen LogP contribution in [0.3, 0.4) is 0 Å².